The van der Waals surface area contributed by atoms with Crippen LogP contribution in [0.15, 0.2) is 29.2 Å². The minimum absolute atomic E-state index is 0.00410. The van der Waals surface area contributed by atoms with Gasteiger partial charge in [-0.2, -0.15) is 4.31 Å². The van der Waals surface area contributed by atoms with Crippen LogP contribution >= 0.6 is 0 Å². The topological polar surface area (TPSA) is 113 Å². The van der Waals surface area contributed by atoms with Crippen LogP contribution in [0.4, 0.5) is 0 Å². The third-order valence-electron chi connectivity index (χ3n) is 4.27. The lowest BCUT2D eigenvalue weighted by Gasteiger charge is -2.26. The summed E-state index contributed by atoms with van der Waals surface area (Å²) < 4.78 is 31.8. The first-order valence-electron chi connectivity index (χ1n) is 7.94. The third-order valence-corrected chi connectivity index (χ3v) is 6.17. The molecule has 138 valence electrons. The van der Waals surface area contributed by atoms with E-state index in [2.05, 4.69) is 5.32 Å². The Labute approximate surface area is 146 Å². The Morgan fingerprint density at radius 2 is 1.96 bits per heavy atom. The first-order valence-corrected chi connectivity index (χ1v) is 9.38. The molecule has 8 nitrogen and oxygen atoms in total. The number of benzene rings is 1. The lowest BCUT2D eigenvalue weighted by molar-refractivity contribution is -0.143. The van der Waals surface area contributed by atoms with Gasteiger partial charge in [0.2, 0.25) is 10.0 Å². The molecule has 2 rings (SSSR count). The van der Waals surface area contributed by atoms with E-state index in [-0.39, 0.29) is 30.0 Å². The van der Waals surface area contributed by atoms with Crippen LogP contribution in [0.5, 0.6) is 0 Å². The van der Waals surface area contributed by atoms with Crippen LogP contribution in [0.1, 0.15) is 30.6 Å². The number of rotatable bonds is 6. The number of hydrogen-bond acceptors (Lipinski definition) is 5. The fraction of sp³-hybridized carbons (Fsp3) is 0.500. The number of nitrogens with zero attached hydrogens (tertiary/aromatic N) is 1. The number of carbonyl (C=O) groups is 2. The quantitative estimate of drug-likeness (QED) is 0.762. The van der Waals surface area contributed by atoms with E-state index in [1.54, 1.807) is 6.92 Å². The highest BCUT2D eigenvalue weighted by atomic mass is 32.2. The van der Waals surface area contributed by atoms with E-state index in [1.807, 2.05) is 0 Å². The molecule has 0 saturated carbocycles. The van der Waals surface area contributed by atoms with Crippen molar-refractivity contribution in [2.24, 2.45) is 0 Å². The molecule has 0 spiro atoms. The van der Waals surface area contributed by atoms with E-state index in [9.17, 15) is 23.1 Å². The van der Waals surface area contributed by atoms with Gasteiger partial charge < -0.3 is 15.2 Å². The number of amides is 1. The summed E-state index contributed by atoms with van der Waals surface area (Å²) in [5, 5.41) is 11.7. The van der Waals surface area contributed by atoms with Crippen LogP contribution in [0.3, 0.4) is 0 Å². The van der Waals surface area contributed by atoms with Crippen molar-refractivity contribution in [3.8, 4) is 0 Å². The van der Waals surface area contributed by atoms with E-state index < -0.39 is 27.4 Å². The highest BCUT2D eigenvalue weighted by Crippen LogP contribution is 2.19. The summed E-state index contributed by atoms with van der Waals surface area (Å²) in [5.74, 6) is -1.79. The molecule has 0 aliphatic carbocycles. The van der Waals surface area contributed by atoms with E-state index in [4.69, 9.17) is 4.74 Å². The molecule has 1 amide bonds. The van der Waals surface area contributed by atoms with Crippen LogP contribution in [0.2, 0.25) is 0 Å². The Balaban J connectivity index is 2.26. The number of ether oxygens (including phenoxy) is 1. The zero-order valence-electron chi connectivity index (χ0n) is 14.2. The van der Waals surface area contributed by atoms with Crippen molar-refractivity contribution in [3.63, 3.8) is 0 Å². The SMILES string of the molecule is CCC(C)(NC(=O)c1cccc(S(=O)(=O)N2CCOCC2)c1)C(=O)O. The molecule has 1 saturated heterocycles. The predicted octanol–water partition coefficient (Wildman–Crippen LogP) is 0.691. The standard InChI is InChI=1S/C16H22N2O6S/c1-3-16(2,15(20)21)17-14(19)12-5-4-6-13(11-12)25(22,23)18-7-9-24-10-8-18/h4-6,11H,3,7-10H2,1-2H3,(H,17,19)(H,20,21). The average Bonchev–Trinajstić information content (AvgIpc) is 2.62. The zero-order valence-corrected chi connectivity index (χ0v) is 15.0. The van der Waals surface area contributed by atoms with Gasteiger partial charge in [0.15, 0.2) is 0 Å². The zero-order chi connectivity index (χ0) is 18.7. The first kappa shape index (κ1) is 19.4. The smallest absolute Gasteiger partial charge is 0.329 e. The molecule has 9 heteroatoms. The molecule has 25 heavy (non-hydrogen) atoms. The molecule has 1 aliphatic heterocycles. The maximum atomic E-state index is 12.7. The fourth-order valence-corrected chi connectivity index (χ4v) is 3.80. The van der Waals surface area contributed by atoms with Gasteiger partial charge in [0, 0.05) is 18.7 Å². The number of carboxylic acids is 1. The van der Waals surface area contributed by atoms with E-state index >= 15 is 0 Å². The molecular weight excluding hydrogens is 348 g/mol. The molecule has 2 N–H and O–H groups in total. The molecule has 0 radical (unpaired) electrons. The second-order valence-corrected chi connectivity index (χ2v) is 7.93. The van der Waals surface area contributed by atoms with Gasteiger partial charge in [-0.05, 0) is 31.5 Å². The predicted molar refractivity (Wildman–Crippen MR) is 89.8 cm³/mol. The van der Waals surface area contributed by atoms with Crippen molar-refractivity contribution in [3.05, 3.63) is 29.8 Å². The van der Waals surface area contributed by atoms with Crippen LogP contribution < -0.4 is 5.32 Å². The van der Waals surface area contributed by atoms with Crippen molar-refractivity contribution in [1.82, 2.24) is 9.62 Å². The number of morpholine rings is 1. The van der Waals surface area contributed by atoms with Gasteiger partial charge in [0.05, 0.1) is 18.1 Å². The van der Waals surface area contributed by atoms with Crippen molar-refractivity contribution < 1.29 is 27.9 Å². The molecule has 1 fully saturated rings. The highest BCUT2D eigenvalue weighted by molar-refractivity contribution is 7.89. The van der Waals surface area contributed by atoms with Gasteiger partial charge in [-0.3, -0.25) is 4.79 Å². The summed E-state index contributed by atoms with van der Waals surface area (Å²) in [6.45, 7) is 4.21. The van der Waals surface area contributed by atoms with Gasteiger partial charge in [-0.15, -0.1) is 0 Å². The number of carboxylic acid groups (broad SMARTS) is 1. The summed E-state index contributed by atoms with van der Waals surface area (Å²) in [7, 11) is -3.73. The summed E-state index contributed by atoms with van der Waals surface area (Å²) in [5.41, 5.74) is -1.33. The highest BCUT2D eigenvalue weighted by Gasteiger charge is 2.33. The Morgan fingerprint density at radius 1 is 1.32 bits per heavy atom. The third kappa shape index (κ3) is 4.17. The van der Waals surface area contributed by atoms with Crippen LogP contribution in [-0.4, -0.2) is 61.5 Å². The Kier molecular flexibility index (Phi) is 5.81. The number of nitrogens with one attached hydrogen (secondary N) is 1. The number of carbonyl (C=O) groups excluding carboxylic acids is 1. The van der Waals surface area contributed by atoms with Crippen molar-refractivity contribution in [2.75, 3.05) is 26.3 Å². The monoisotopic (exact) mass is 370 g/mol. The summed E-state index contributed by atoms with van der Waals surface area (Å²) in [6.07, 6.45) is 0.194. The second-order valence-electron chi connectivity index (χ2n) is 5.99. The van der Waals surface area contributed by atoms with Gasteiger partial charge in [-0.1, -0.05) is 13.0 Å². The maximum Gasteiger partial charge on any atom is 0.329 e. The van der Waals surface area contributed by atoms with E-state index in [1.165, 1.54) is 35.5 Å². The summed E-state index contributed by atoms with van der Waals surface area (Å²) >= 11 is 0. The van der Waals surface area contributed by atoms with E-state index in [0.717, 1.165) is 0 Å². The molecular formula is C16H22N2O6S. The largest absolute Gasteiger partial charge is 0.480 e. The Bertz CT molecular complexity index is 758. The van der Waals surface area contributed by atoms with Crippen LogP contribution in [0, 0.1) is 0 Å². The van der Waals surface area contributed by atoms with Gasteiger partial charge >= 0.3 is 5.97 Å². The first-order chi connectivity index (χ1) is 11.7. The minimum atomic E-state index is -3.73. The number of aliphatic carboxylic acids is 1. The van der Waals surface area contributed by atoms with Crippen molar-refractivity contribution in [2.45, 2.75) is 30.7 Å². The van der Waals surface area contributed by atoms with Crippen LogP contribution in [0.25, 0.3) is 0 Å². The van der Waals surface area contributed by atoms with Gasteiger partial charge in [-0.25, -0.2) is 13.2 Å². The van der Waals surface area contributed by atoms with Gasteiger partial charge in [0.1, 0.15) is 5.54 Å². The maximum absolute atomic E-state index is 12.7. The average molecular weight is 370 g/mol. The van der Waals surface area contributed by atoms with Crippen LogP contribution in [-0.2, 0) is 19.6 Å². The lowest BCUT2D eigenvalue weighted by Crippen LogP contribution is -2.51. The Hall–Kier alpha value is -1.97. The van der Waals surface area contributed by atoms with Gasteiger partial charge in [0.25, 0.3) is 5.91 Å². The molecule has 1 aliphatic rings. The van der Waals surface area contributed by atoms with Crippen molar-refractivity contribution in [1.29, 1.82) is 0 Å². The molecule has 1 atom stereocenters. The fourth-order valence-electron chi connectivity index (χ4n) is 2.35. The second kappa shape index (κ2) is 7.51. The Morgan fingerprint density at radius 3 is 2.52 bits per heavy atom. The molecule has 1 heterocycles. The number of hydrogen-bond donors (Lipinski definition) is 2. The molecule has 0 aromatic heterocycles. The van der Waals surface area contributed by atoms with E-state index in [0.29, 0.717) is 13.2 Å². The lowest BCUT2D eigenvalue weighted by atomic mass is 9.98. The molecule has 1 aromatic rings. The summed E-state index contributed by atoms with van der Waals surface area (Å²) in [6, 6.07) is 5.59. The number of sulfonamides is 1. The molecule has 1 unspecified atom stereocenters. The minimum Gasteiger partial charge on any atom is -0.480 e. The normalized spacial score (nSPS) is 18.3. The summed E-state index contributed by atoms with van der Waals surface area (Å²) in [4.78, 5) is 23.7. The van der Waals surface area contributed by atoms with Crippen molar-refractivity contribution >= 4 is 21.9 Å². The molecule has 1 aromatic carbocycles. The molecule has 0 bridgehead atoms.